The lowest BCUT2D eigenvalue weighted by molar-refractivity contribution is -0.384. The van der Waals surface area contributed by atoms with Crippen LogP contribution in [0.3, 0.4) is 0 Å². The largest absolute Gasteiger partial charge is 1.00 e. The number of alkyl halides is 6. The third kappa shape index (κ3) is 9.20. The zero-order valence-corrected chi connectivity index (χ0v) is 28.1. The fourth-order valence-corrected chi connectivity index (χ4v) is 10.1. The third-order valence-corrected chi connectivity index (χ3v) is 12.2. The van der Waals surface area contributed by atoms with Crippen LogP contribution >= 0.6 is 7.26 Å². The lowest BCUT2D eigenvalue weighted by atomic mass is 9.87. The molecule has 0 radical (unpaired) electrons. The maximum absolute atomic E-state index is 13.6. The molecule has 0 saturated carbocycles. The van der Waals surface area contributed by atoms with Crippen molar-refractivity contribution in [2.45, 2.75) is 45.3 Å². The van der Waals surface area contributed by atoms with Crippen LogP contribution in [0, 0.1) is 15.5 Å². The number of halogens is 7. The number of hydrogen-bond donors (Lipinski definition) is 1. The molecule has 0 aromatic heterocycles. The van der Waals surface area contributed by atoms with Gasteiger partial charge in [0.25, 0.3) is 11.6 Å². The molecule has 47 heavy (non-hydrogen) atoms. The van der Waals surface area contributed by atoms with Gasteiger partial charge in [-0.15, -0.1) is 0 Å². The summed E-state index contributed by atoms with van der Waals surface area (Å²) in [7, 11) is -2.64. The quantitative estimate of drug-likeness (QED) is 0.104. The van der Waals surface area contributed by atoms with E-state index in [0.717, 1.165) is 10.6 Å². The number of nitrogens with zero attached hydrogens (tertiary/aromatic N) is 1. The standard InChI is InChI=1S/C34H31F6N2O3P.BrH/c1-32(2,3)30(41-31(43)24-18-25(33(35,36)37)20-26(19-24)34(38,39)40)22-46(28-13-6-4-7-14-28,29-15-8-5-9-16-29)21-23-11-10-12-27(17-23)42(44)45;/h4-20,30H,21-22H2,1-3H3;1H/t30-;/m1./s1. The number of carbonyl (C=O) groups excluding carboxylic acids is 1. The maximum atomic E-state index is 13.6. The number of nitrogens with one attached hydrogen (secondary N) is 1. The Hall–Kier alpha value is -3.76. The molecule has 0 saturated heterocycles. The third-order valence-electron chi connectivity index (χ3n) is 7.77. The van der Waals surface area contributed by atoms with Crippen LogP contribution in [0.15, 0.2) is 103 Å². The van der Waals surface area contributed by atoms with Gasteiger partial charge in [-0.2, -0.15) is 26.3 Å². The fraction of sp³-hybridized carbons (Fsp3) is 0.265. The molecule has 0 fully saturated rings. The van der Waals surface area contributed by atoms with Crippen molar-refractivity contribution < 1.29 is 53.0 Å². The predicted molar refractivity (Wildman–Crippen MR) is 168 cm³/mol. The van der Waals surface area contributed by atoms with Gasteiger partial charge in [0.15, 0.2) is 0 Å². The Morgan fingerprint density at radius 3 is 1.68 bits per heavy atom. The smallest absolute Gasteiger partial charge is 0.416 e. The Balaban J connectivity index is 0.00000600. The first-order chi connectivity index (χ1) is 21.4. The van der Waals surface area contributed by atoms with Gasteiger partial charge >= 0.3 is 12.4 Å². The highest BCUT2D eigenvalue weighted by Crippen LogP contribution is 2.60. The molecule has 0 aliphatic rings. The molecule has 0 spiro atoms. The van der Waals surface area contributed by atoms with E-state index in [0.29, 0.717) is 23.9 Å². The molecule has 1 N–H and O–H groups in total. The van der Waals surface area contributed by atoms with Gasteiger partial charge in [-0.1, -0.05) is 69.3 Å². The lowest BCUT2D eigenvalue weighted by Gasteiger charge is -2.37. The Bertz CT molecular complexity index is 1620. The van der Waals surface area contributed by atoms with Crippen molar-refractivity contribution in [2.24, 2.45) is 5.41 Å². The minimum absolute atomic E-state index is 0. The summed E-state index contributed by atoms with van der Waals surface area (Å²) < 4.78 is 81.6. The Kier molecular flexibility index (Phi) is 11.7. The molecule has 0 bridgehead atoms. The Labute approximate surface area is 279 Å². The molecule has 13 heteroatoms. The van der Waals surface area contributed by atoms with Gasteiger partial charge in [-0.25, -0.2) is 0 Å². The summed E-state index contributed by atoms with van der Waals surface area (Å²) in [5.74, 6) is -1.08. The highest BCUT2D eigenvalue weighted by atomic mass is 79.9. The van der Waals surface area contributed by atoms with E-state index in [9.17, 15) is 41.3 Å². The summed E-state index contributed by atoms with van der Waals surface area (Å²) in [5, 5.41) is 16.2. The van der Waals surface area contributed by atoms with Crippen LogP contribution in [0.25, 0.3) is 0 Å². The summed E-state index contributed by atoms with van der Waals surface area (Å²) >= 11 is 0. The number of rotatable bonds is 9. The number of carbonyl (C=O) groups is 1. The number of nitro groups is 1. The van der Waals surface area contributed by atoms with Crippen molar-refractivity contribution >= 4 is 29.5 Å². The SMILES string of the molecule is CC(C)(C)[C@@H](C[P+](Cc1cccc([N+](=O)[O-])c1)(c1ccccc1)c1ccccc1)NC(=O)c1cc(C(F)(F)F)cc(C(F)(F)F)c1.[Br-]. The highest BCUT2D eigenvalue weighted by molar-refractivity contribution is 7.88. The molecule has 0 heterocycles. The monoisotopic (exact) mass is 740 g/mol. The first-order valence-corrected chi connectivity index (χ1v) is 16.4. The van der Waals surface area contributed by atoms with E-state index in [2.05, 4.69) is 5.32 Å². The van der Waals surface area contributed by atoms with Gasteiger partial charge in [0.05, 0.1) is 52.3 Å². The van der Waals surface area contributed by atoms with Crippen LogP contribution in [-0.2, 0) is 18.5 Å². The second-order valence-corrected chi connectivity index (χ2v) is 15.7. The summed E-state index contributed by atoms with van der Waals surface area (Å²) in [6.07, 6.45) is -9.63. The van der Waals surface area contributed by atoms with Crippen molar-refractivity contribution in [2.75, 3.05) is 6.16 Å². The van der Waals surface area contributed by atoms with Crippen LogP contribution in [0.1, 0.15) is 47.8 Å². The molecule has 0 aliphatic carbocycles. The van der Waals surface area contributed by atoms with Crippen LogP contribution < -0.4 is 32.9 Å². The molecular formula is C34H32BrF6N2O3P. The molecule has 250 valence electrons. The minimum atomic E-state index is -5.11. The Morgan fingerprint density at radius 2 is 1.26 bits per heavy atom. The molecule has 5 nitrogen and oxygen atoms in total. The van der Waals surface area contributed by atoms with E-state index in [4.69, 9.17) is 0 Å². The second kappa shape index (κ2) is 14.6. The predicted octanol–water partition coefficient (Wildman–Crippen LogP) is 5.65. The Morgan fingerprint density at radius 1 is 0.766 bits per heavy atom. The maximum Gasteiger partial charge on any atom is 0.416 e. The van der Waals surface area contributed by atoms with E-state index >= 15 is 0 Å². The number of non-ortho nitro benzene ring substituents is 1. The second-order valence-electron chi connectivity index (χ2n) is 12.1. The van der Waals surface area contributed by atoms with Crippen LogP contribution in [0.2, 0.25) is 0 Å². The van der Waals surface area contributed by atoms with Crippen molar-refractivity contribution in [3.8, 4) is 0 Å². The molecule has 4 aromatic carbocycles. The van der Waals surface area contributed by atoms with E-state index in [1.807, 2.05) is 81.4 Å². The van der Waals surface area contributed by atoms with Gasteiger partial charge < -0.3 is 22.3 Å². The van der Waals surface area contributed by atoms with E-state index < -0.39 is 58.6 Å². The van der Waals surface area contributed by atoms with E-state index in [1.54, 1.807) is 12.1 Å². The molecule has 4 aromatic rings. The number of hydrogen-bond acceptors (Lipinski definition) is 3. The van der Waals surface area contributed by atoms with Crippen molar-refractivity contribution in [3.05, 3.63) is 135 Å². The molecule has 0 unspecified atom stereocenters. The van der Waals surface area contributed by atoms with Gasteiger partial charge in [0, 0.05) is 17.7 Å². The average Bonchev–Trinajstić information content (AvgIpc) is 2.99. The van der Waals surface area contributed by atoms with Gasteiger partial charge in [0.2, 0.25) is 0 Å². The van der Waals surface area contributed by atoms with Gasteiger partial charge in [-0.3, -0.25) is 14.9 Å². The molecule has 4 rings (SSSR count). The molecule has 0 aliphatic heterocycles. The van der Waals surface area contributed by atoms with Crippen LogP contribution in [0.5, 0.6) is 0 Å². The van der Waals surface area contributed by atoms with E-state index in [-0.39, 0.29) is 34.9 Å². The fourth-order valence-electron chi connectivity index (χ4n) is 5.29. The van der Waals surface area contributed by atoms with E-state index in [1.165, 1.54) is 12.1 Å². The first kappa shape index (κ1) is 37.7. The van der Waals surface area contributed by atoms with Crippen molar-refractivity contribution in [1.82, 2.24) is 5.32 Å². The zero-order valence-electron chi connectivity index (χ0n) is 25.6. The average molecular weight is 742 g/mol. The minimum Gasteiger partial charge on any atom is -1.00 e. The summed E-state index contributed by atoms with van der Waals surface area (Å²) in [6.45, 7) is 5.47. The first-order valence-electron chi connectivity index (χ1n) is 14.2. The van der Waals surface area contributed by atoms with Gasteiger partial charge in [0.1, 0.15) is 0 Å². The topological polar surface area (TPSA) is 72.2 Å². The summed E-state index contributed by atoms with van der Waals surface area (Å²) in [5.41, 5.74) is -4.08. The summed E-state index contributed by atoms with van der Waals surface area (Å²) in [6, 6.07) is 25.1. The lowest BCUT2D eigenvalue weighted by Crippen LogP contribution is -3.00. The molecule has 1 amide bonds. The van der Waals surface area contributed by atoms with Crippen molar-refractivity contribution in [3.63, 3.8) is 0 Å². The zero-order chi connectivity index (χ0) is 33.9. The molecular weight excluding hydrogens is 709 g/mol. The number of nitro benzene ring substituents is 1. The highest BCUT2D eigenvalue weighted by Gasteiger charge is 2.48. The van der Waals surface area contributed by atoms with Crippen LogP contribution in [-0.4, -0.2) is 23.0 Å². The van der Waals surface area contributed by atoms with Crippen LogP contribution in [0.4, 0.5) is 32.0 Å². The normalized spacial score (nSPS) is 13.0. The van der Waals surface area contributed by atoms with Gasteiger partial charge in [-0.05, 0) is 53.4 Å². The summed E-state index contributed by atoms with van der Waals surface area (Å²) in [4.78, 5) is 24.7. The molecule has 1 atom stereocenters. The number of amides is 1. The number of benzene rings is 4. The van der Waals surface area contributed by atoms with Crippen molar-refractivity contribution in [1.29, 1.82) is 0 Å².